The van der Waals surface area contributed by atoms with E-state index in [0.29, 0.717) is 21.4 Å². The van der Waals surface area contributed by atoms with Gasteiger partial charge in [0.05, 0.1) is 5.71 Å². The van der Waals surface area contributed by atoms with E-state index in [1.807, 2.05) is 48.5 Å². The first-order chi connectivity index (χ1) is 12.6. The summed E-state index contributed by atoms with van der Waals surface area (Å²) in [5.74, 6) is -0.139. The molecular formula is C18H17N5O2S. The fourth-order valence-electron chi connectivity index (χ4n) is 2.11. The van der Waals surface area contributed by atoms with Crippen LogP contribution in [0.25, 0.3) is 0 Å². The topological polar surface area (TPSA) is 98.6 Å². The second-order valence-electron chi connectivity index (χ2n) is 5.29. The van der Waals surface area contributed by atoms with Gasteiger partial charge in [-0.3, -0.25) is 0 Å². The predicted octanol–water partition coefficient (Wildman–Crippen LogP) is 4.14. The van der Waals surface area contributed by atoms with Gasteiger partial charge in [-0.15, -0.1) is 0 Å². The third-order valence-electron chi connectivity index (χ3n) is 3.32. The first-order valence-corrected chi connectivity index (χ1v) is 8.62. The Morgan fingerprint density at radius 1 is 1.04 bits per heavy atom. The maximum absolute atomic E-state index is 11.9. The van der Waals surface area contributed by atoms with E-state index in [9.17, 15) is 9.90 Å². The van der Waals surface area contributed by atoms with Gasteiger partial charge in [0.25, 0.3) is 0 Å². The number of rotatable bonds is 5. The number of hydrogen-bond donors (Lipinski definition) is 4. The summed E-state index contributed by atoms with van der Waals surface area (Å²) in [7, 11) is 0. The average molecular weight is 367 g/mol. The minimum Gasteiger partial charge on any atom is -0.492 e. The zero-order valence-electron chi connectivity index (χ0n) is 13.9. The molecule has 4 N–H and O–H groups in total. The molecule has 0 spiro atoms. The van der Waals surface area contributed by atoms with Crippen molar-refractivity contribution < 1.29 is 9.90 Å². The molecule has 0 fully saturated rings. The molecule has 0 bridgehead atoms. The number of urea groups is 1. The molecule has 1 heterocycles. The molecule has 2 amide bonds. The van der Waals surface area contributed by atoms with Crippen molar-refractivity contribution in [1.29, 1.82) is 0 Å². The summed E-state index contributed by atoms with van der Waals surface area (Å²) in [6, 6.07) is 18.1. The molecule has 0 saturated carbocycles. The number of nitrogens with one attached hydrogen (secondary N) is 3. The molecule has 0 aliphatic rings. The van der Waals surface area contributed by atoms with Gasteiger partial charge in [-0.2, -0.15) is 10.1 Å². The third kappa shape index (κ3) is 4.58. The molecule has 0 aliphatic heterocycles. The van der Waals surface area contributed by atoms with Gasteiger partial charge < -0.3 is 15.7 Å². The highest BCUT2D eigenvalue weighted by Crippen LogP contribution is 2.30. The Labute approximate surface area is 154 Å². The molecule has 7 nitrogen and oxygen atoms in total. The quantitative estimate of drug-likeness (QED) is 0.402. The summed E-state index contributed by atoms with van der Waals surface area (Å²) in [5.41, 5.74) is 4.37. The van der Waals surface area contributed by atoms with Crippen LogP contribution in [0.15, 0.2) is 65.8 Å². The highest BCUT2D eigenvalue weighted by atomic mass is 32.1. The van der Waals surface area contributed by atoms with Crippen LogP contribution in [-0.2, 0) is 0 Å². The van der Waals surface area contributed by atoms with E-state index in [0.717, 1.165) is 5.69 Å². The minimum atomic E-state index is -0.470. The Kier molecular flexibility index (Phi) is 5.45. The molecule has 3 rings (SSSR count). The number of para-hydroxylation sites is 2. The molecular weight excluding hydrogens is 350 g/mol. The molecule has 1 aromatic heterocycles. The van der Waals surface area contributed by atoms with Gasteiger partial charge >= 0.3 is 6.03 Å². The van der Waals surface area contributed by atoms with Crippen LogP contribution >= 0.6 is 11.3 Å². The molecule has 26 heavy (non-hydrogen) atoms. The predicted molar refractivity (Wildman–Crippen MR) is 104 cm³/mol. The number of carbonyl (C=O) groups is 1. The first kappa shape index (κ1) is 17.4. The molecule has 3 aromatic rings. The second kappa shape index (κ2) is 8.13. The molecule has 0 saturated heterocycles. The smallest absolute Gasteiger partial charge is 0.339 e. The molecule has 0 aliphatic carbocycles. The fourth-order valence-corrected chi connectivity index (χ4v) is 2.94. The van der Waals surface area contributed by atoms with Gasteiger partial charge in [-0.25, -0.2) is 10.2 Å². The number of thiazole rings is 1. The van der Waals surface area contributed by atoms with E-state index in [1.165, 1.54) is 11.3 Å². The van der Waals surface area contributed by atoms with Gasteiger partial charge in [0.2, 0.25) is 5.88 Å². The number of aromatic hydroxyl groups is 1. The highest BCUT2D eigenvalue weighted by Gasteiger charge is 2.13. The van der Waals surface area contributed by atoms with Crippen LogP contribution in [0, 0.1) is 0 Å². The average Bonchev–Trinajstić information content (AvgIpc) is 3.01. The van der Waals surface area contributed by atoms with Crippen LogP contribution in [0.3, 0.4) is 0 Å². The number of aromatic nitrogens is 1. The van der Waals surface area contributed by atoms with Crippen molar-refractivity contribution in [3.63, 3.8) is 0 Å². The van der Waals surface area contributed by atoms with Crippen LogP contribution in [0.5, 0.6) is 5.88 Å². The van der Waals surface area contributed by atoms with E-state index in [4.69, 9.17) is 0 Å². The number of anilines is 3. The summed E-state index contributed by atoms with van der Waals surface area (Å²) in [6.07, 6.45) is 0. The maximum atomic E-state index is 11.9. The number of hydrazone groups is 1. The largest absolute Gasteiger partial charge is 0.492 e. The van der Waals surface area contributed by atoms with Gasteiger partial charge in [0, 0.05) is 11.4 Å². The first-order valence-electron chi connectivity index (χ1n) is 7.80. The van der Waals surface area contributed by atoms with E-state index >= 15 is 0 Å². The lowest BCUT2D eigenvalue weighted by Crippen LogP contribution is -2.25. The summed E-state index contributed by atoms with van der Waals surface area (Å²) >= 11 is 1.24. The van der Waals surface area contributed by atoms with Crippen molar-refractivity contribution in [2.45, 2.75) is 6.92 Å². The summed E-state index contributed by atoms with van der Waals surface area (Å²) in [6.45, 7) is 1.68. The van der Waals surface area contributed by atoms with Gasteiger partial charge in [-0.05, 0) is 31.2 Å². The lowest BCUT2D eigenvalue weighted by molar-refractivity contribution is 0.252. The minimum absolute atomic E-state index is 0.139. The zero-order chi connectivity index (χ0) is 18.4. The number of carbonyl (C=O) groups excluding carboxylic acids is 1. The lowest BCUT2D eigenvalue weighted by atomic mass is 10.3. The monoisotopic (exact) mass is 367 g/mol. The fraction of sp³-hybridized carbons (Fsp3) is 0.0556. The number of nitrogens with zero attached hydrogens (tertiary/aromatic N) is 2. The standard InChI is InChI=1S/C18H17N5O2S/c1-12(22-23-17(25)19-13-8-4-2-5-9-13)15-16(24)21-18(26-15)20-14-10-6-3-7-11-14/h2-11,24H,1H3,(H,20,21)(H2,19,23,25)/b22-12+. The Morgan fingerprint density at radius 2 is 1.65 bits per heavy atom. The summed E-state index contributed by atoms with van der Waals surface area (Å²) in [5, 5.41) is 20.3. The van der Waals surface area contributed by atoms with Gasteiger partial charge in [0.15, 0.2) is 5.13 Å². The summed E-state index contributed by atoms with van der Waals surface area (Å²) in [4.78, 5) is 16.4. The van der Waals surface area contributed by atoms with Crippen LogP contribution in [0.1, 0.15) is 11.8 Å². The highest BCUT2D eigenvalue weighted by molar-refractivity contribution is 7.18. The zero-order valence-corrected chi connectivity index (χ0v) is 14.7. The van der Waals surface area contributed by atoms with Crippen molar-refractivity contribution in [3.05, 3.63) is 65.5 Å². The second-order valence-corrected chi connectivity index (χ2v) is 6.29. The molecule has 132 valence electrons. The van der Waals surface area contributed by atoms with Crippen molar-refractivity contribution in [2.24, 2.45) is 5.10 Å². The third-order valence-corrected chi connectivity index (χ3v) is 4.39. The Balaban J connectivity index is 1.64. The van der Waals surface area contributed by atoms with Gasteiger partial charge in [-0.1, -0.05) is 47.7 Å². The maximum Gasteiger partial charge on any atom is 0.339 e. The summed E-state index contributed by atoms with van der Waals surface area (Å²) < 4.78 is 0. The molecule has 0 radical (unpaired) electrons. The number of benzene rings is 2. The van der Waals surface area contributed by atoms with Crippen LogP contribution in [0.4, 0.5) is 21.3 Å². The molecule has 2 aromatic carbocycles. The van der Waals surface area contributed by atoms with E-state index in [-0.39, 0.29) is 5.88 Å². The van der Waals surface area contributed by atoms with Crippen molar-refractivity contribution in [1.82, 2.24) is 10.4 Å². The number of hydrogen-bond acceptors (Lipinski definition) is 6. The van der Waals surface area contributed by atoms with Crippen molar-refractivity contribution >= 4 is 39.6 Å². The molecule has 8 heteroatoms. The molecule has 0 unspecified atom stereocenters. The van der Waals surface area contributed by atoms with Crippen LogP contribution in [-0.4, -0.2) is 21.8 Å². The lowest BCUT2D eigenvalue weighted by Gasteiger charge is -2.04. The Hall–Kier alpha value is -3.39. The normalized spacial score (nSPS) is 11.0. The van der Waals surface area contributed by atoms with Crippen LogP contribution < -0.4 is 16.1 Å². The van der Waals surface area contributed by atoms with E-state index < -0.39 is 6.03 Å². The van der Waals surface area contributed by atoms with Crippen molar-refractivity contribution in [2.75, 3.05) is 10.6 Å². The van der Waals surface area contributed by atoms with E-state index in [1.54, 1.807) is 19.1 Å². The van der Waals surface area contributed by atoms with Crippen LogP contribution in [0.2, 0.25) is 0 Å². The SMILES string of the molecule is C/C(=N\NC(=O)Nc1ccccc1)c1sc(Nc2ccccc2)nc1O. The van der Waals surface area contributed by atoms with E-state index in [2.05, 4.69) is 26.1 Å². The number of amides is 2. The Morgan fingerprint density at radius 3 is 2.31 bits per heavy atom. The van der Waals surface area contributed by atoms with Gasteiger partial charge in [0.1, 0.15) is 4.88 Å². The van der Waals surface area contributed by atoms with Crippen molar-refractivity contribution in [3.8, 4) is 5.88 Å². The molecule has 0 atom stereocenters. The Bertz CT molecular complexity index is 910.